The van der Waals surface area contributed by atoms with Crippen molar-refractivity contribution in [3.63, 3.8) is 0 Å². The van der Waals surface area contributed by atoms with Crippen LogP contribution in [0.2, 0.25) is 0 Å². The van der Waals surface area contributed by atoms with Gasteiger partial charge < -0.3 is 10.5 Å². The molecule has 2 N–H and O–H groups in total. The van der Waals surface area contributed by atoms with Gasteiger partial charge >= 0.3 is 0 Å². The third kappa shape index (κ3) is 3.85. The molecule has 0 aliphatic heterocycles. The lowest BCUT2D eigenvalue weighted by molar-refractivity contribution is -0.113. The molecule has 0 fully saturated rings. The van der Waals surface area contributed by atoms with Gasteiger partial charge in [-0.05, 0) is 26.0 Å². The molecule has 3 nitrogen and oxygen atoms in total. The molecule has 0 aliphatic carbocycles. The molecule has 0 atom stereocenters. The lowest BCUT2D eigenvalue weighted by Gasteiger charge is -2.11. The fraction of sp³-hybridized carbons (Fsp3) is 0.250. The highest BCUT2D eigenvalue weighted by atomic mass is 16.5. The summed E-state index contributed by atoms with van der Waals surface area (Å²) in [6.45, 7) is 3.91. The predicted octanol–water partition coefficient (Wildman–Crippen LogP) is 1.97. The highest BCUT2D eigenvalue weighted by Gasteiger charge is 2.01. The minimum absolute atomic E-state index is 0.105. The summed E-state index contributed by atoms with van der Waals surface area (Å²) < 4.78 is 5.57. The van der Waals surface area contributed by atoms with Gasteiger partial charge in [-0.3, -0.25) is 4.79 Å². The zero-order chi connectivity index (χ0) is 11.3. The van der Waals surface area contributed by atoms with E-state index in [1.165, 1.54) is 6.08 Å². The molecule has 0 saturated carbocycles. The van der Waals surface area contributed by atoms with Gasteiger partial charge in [0.1, 0.15) is 5.75 Å². The average Bonchev–Trinajstić information content (AvgIpc) is 2.15. The van der Waals surface area contributed by atoms with Gasteiger partial charge in [-0.25, -0.2) is 0 Å². The van der Waals surface area contributed by atoms with E-state index in [4.69, 9.17) is 10.5 Å². The molecule has 3 heteroatoms. The molecule has 1 aromatic carbocycles. The zero-order valence-corrected chi connectivity index (χ0v) is 8.94. The highest BCUT2D eigenvalue weighted by molar-refractivity contribution is 5.90. The summed E-state index contributed by atoms with van der Waals surface area (Å²) in [7, 11) is 0. The molecule has 0 saturated heterocycles. The van der Waals surface area contributed by atoms with Gasteiger partial charge in [-0.1, -0.05) is 18.2 Å². The van der Waals surface area contributed by atoms with Crippen molar-refractivity contribution in [2.45, 2.75) is 20.0 Å². The quantitative estimate of drug-likeness (QED) is 0.764. The molecule has 1 aromatic rings. The summed E-state index contributed by atoms with van der Waals surface area (Å²) in [5.41, 5.74) is 5.88. The lowest BCUT2D eigenvalue weighted by Crippen LogP contribution is -2.07. The Morgan fingerprint density at radius 1 is 1.40 bits per heavy atom. The zero-order valence-electron chi connectivity index (χ0n) is 8.94. The van der Waals surface area contributed by atoms with Crippen molar-refractivity contribution in [1.82, 2.24) is 0 Å². The van der Waals surface area contributed by atoms with Crippen molar-refractivity contribution in [1.29, 1.82) is 0 Å². The summed E-state index contributed by atoms with van der Waals surface area (Å²) in [5, 5.41) is 0. The molecule has 80 valence electrons. The van der Waals surface area contributed by atoms with E-state index in [1.807, 2.05) is 38.1 Å². The Morgan fingerprint density at radius 2 is 2.07 bits per heavy atom. The van der Waals surface area contributed by atoms with E-state index in [-0.39, 0.29) is 6.10 Å². The number of ether oxygens (including phenoxy) is 1. The summed E-state index contributed by atoms with van der Waals surface area (Å²) in [6, 6.07) is 7.50. The third-order valence-electron chi connectivity index (χ3n) is 1.71. The van der Waals surface area contributed by atoms with Crippen LogP contribution in [-0.2, 0) is 4.79 Å². The topological polar surface area (TPSA) is 52.3 Å². The van der Waals surface area contributed by atoms with Crippen LogP contribution >= 0.6 is 0 Å². The molecule has 0 radical (unpaired) electrons. The normalized spacial score (nSPS) is 10.9. The van der Waals surface area contributed by atoms with Crippen LogP contribution in [0.4, 0.5) is 0 Å². The van der Waals surface area contributed by atoms with E-state index in [1.54, 1.807) is 6.08 Å². The third-order valence-corrected chi connectivity index (χ3v) is 1.71. The Labute approximate surface area is 89.5 Å². The minimum Gasteiger partial charge on any atom is -0.490 e. The number of carbonyl (C=O) groups is 1. The maximum absolute atomic E-state index is 10.6. The van der Waals surface area contributed by atoms with E-state index in [2.05, 4.69) is 0 Å². The van der Waals surface area contributed by atoms with Crippen molar-refractivity contribution in [2.75, 3.05) is 0 Å². The Balaban J connectivity index is 2.91. The van der Waals surface area contributed by atoms with Gasteiger partial charge in [0.2, 0.25) is 5.91 Å². The van der Waals surface area contributed by atoms with Crippen LogP contribution in [0.3, 0.4) is 0 Å². The largest absolute Gasteiger partial charge is 0.490 e. The number of hydrogen-bond donors (Lipinski definition) is 1. The Kier molecular flexibility index (Phi) is 3.92. The van der Waals surface area contributed by atoms with E-state index in [9.17, 15) is 4.79 Å². The Morgan fingerprint density at radius 3 is 2.67 bits per heavy atom. The van der Waals surface area contributed by atoms with E-state index in [0.29, 0.717) is 0 Å². The van der Waals surface area contributed by atoms with Crippen LogP contribution in [0.25, 0.3) is 6.08 Å². The molecule has 0 spiro atoms. The molecular formula is C12H15NO2. The average molecular weight is 205 g/mol. The number of carbonyl (C=O) groups excluding carboxylic acids is 1. The molecule has 0 unspecified atom stereocenters. The Hall–Kier alpha value is -1.77. The van der Waals surface area contributed by atoms with Gasteiger partial charge in [0.25, 0.3) is 0 Å². The number of amides is 1. The van der Waals surface area contributed by atoms with Gasteiger partial charge in [0.05, 0.1) is 6.10 Å². The van der Waals surface area contributed by atoms with Crippen molar-refractivity contribution in [3.8, 4) is 5.75 Å². The number of hydrogen-bond acceptors (Lipinski definition) is 2. The van der Waals surface area contributed by atoms with E-state index < -0.39 is 5.91 Å². The fourth-order valence-electron chi connectivity index (χ4n) is 1.15. The number of para-hydroxylation sites is 1. The first-order valence-corrected chi connectivity index (χ1v) is 4.83. The lowest BCUT2D eigenvalue weighted by atomic mass is 10.2. The molecule has 0 aliphatic rings. The van der Waals surface area contributed by atoms with Crippen molar-refractivity contribution in [2.24, 2.45) is 5.73 Å². The van der Waals surface area contributed by atoms with Crippen LogP contribution in [0.1, 0.15) is 19.4 Å². The summed E-state index contributed by atoms with van der Waals surface area (Å²) in [6.07, 6.45) is 3.08. The molecule has 1 amide bonds. The molecule has 1 rings (SSSR count). The smallest absolute Gasteiger partial charge is 0.241 e. The van der Waals surface area contributed by atoms with Crippen LogP contribution in [-0.4, -0.2) is 12.0 Å². The van der Waals surface area contributed by atoms with Gasteiger partial charge in [-0.2, -0.15) is 0 Å². The van der Waals surface area contributed by atoms with Crippen molar-refractivity contribution >= 4 is 12.0 Å². The molecule has 15 heavy (non-hydrogen) atoms. The number of rotatable bonds is 4. The minimum atomic E-state index is -0.464. The second kappa shape index (κ2) is 5.20. The molecule has 0 heterocycles. The van der Waals surface area contributed by atoms with Crippen LogP contribution in [0.15, 0.2) is 30.3 Å². The van der Waals surface area contributed by atoms with Gasteiger partial charge in [0, 0.05) is 11.6 Å². The molecule has 0 aromatic heterocycles. The van der Waals surface area contributed by atoms with E-state index in [0.717, 1.165) is 11.3 Å². The second-order valence-corrected chi connectivity index (χ2v) is 3.44. The monoisotopic (exact) mass is 205 g/mol. The van der Waals surface area contributed by atoms with Gasteiger partial charge in [0.15, 0.2) is 0 Å². The second-order valence-electron chi connectivity index (χ2n) is 3.44. The first kappa shape index (κ1) is 11.3. The Bertz CT molecular complexity index is 370. The predicted molar refractivity (Wildman–Crippen MR) is 60.4 cm³/mol. The summed E-state index contributed by atoms with van der Waals surface area (Å²) in [5.74, 6) is 0.291. The maximum Gasteiger partial charge on any atom is 0.241 e. The van der Waals surface area contributed by atoms with Crippen molar-refractivity contribution in [3.05, 3.63) is 35.9 Å². The van der Waals surface area contributed by atoms with Gasteiger partial charge in [-0.15, -0.1) is 0 Å². The molecule has 0 bridgehead atoms. The first-order valence-electron chi connectivity index (χ1n) is 4.83. The van der Waals surface area contributed by atoms with Crippen LogP contribution in [0, 0.1) is 0 Å². The number of benzene rings is 1. The van der Waals surface area contributed by atoms with E-state index >= 15 is 0 Å². The molecular weight excluding hydrogens is 190 g/mol. The first-order chi connectivity index (χ1) is 7.09. The SMILES string of the molecule is CC(C)Oc1ccccc1C=CC(N)=O. The highest BCUT2D eigenvalue weighted by Crippen LogP contribution is 2.20. The maximum atomic E-state index is 10.6. The summed E-state index contributed by atoms with van der Waals surface area (Å²) in [4.78, 5) is 10.6. The fourth-order valence-corrected chi connectivity index (χ4v) is 1.15. The van der Waals surface area contributed by atoms with Crippen LogP contribution < -0.4 is 10.5 Å². The standard InChI is InChI=1S/C12H15NO2/c1-9(2)15-11-6-4-3-5-10(11)7-8-12(13)14/h3-9H,1-2H3,(H2,13,14). The van der Waals surface area contributed by atoms with Crippen LogP contribution in [0.5, 0.6) is 5.75 Å². The number of nitrogens with two attached hydrogens (primary N) is 1. The van der Waals surface area contributed by atoms with Crippen molar-refractivity contribution < 1.29 is 9.53 Å². The summed E-state index contributed by atoms with van der Waals surface area (Å²) >= 11 is 0. The number of primary amides is 1.